The molecule has 4 rings (SSSR count). The number of rotatable bonds is 4. The molecular weight excluding hydrogens is 299 g/mol. The molecule has 1 N–H and O–H groups in total. The first kappa shape index (κ1) is 15.0. The number of hydrogen-bond donors (Lipinski definition) is 1. The summed E-state index contributed by atoms with van der Waals surface area (Å²) in [6, 6.07) is 2.27. The highest BCUT2D eigenvalue weighted by Gasteiger charge is 2.37. The summed E-state index contributed by atoms with van der Waals surface area (Å²) in [6.07, 6.45) is 4.07. The average Bonchev–Trinajstić information content (AvgIpc) is 3.16. The first-order valence-corrected chi connectivity index (χ1v) is 8.15. The molecule has 0 aromatic carbocycles. The lowest BCUT2D eigenvalue weighted by Crippen LogP contribution is -2.38. The average molecular weight is 320 g/mol. The van der Waals surface area contributed by atoms with Gasteiger partial charge in [0.1, 0.15) is 24.7 Å². The Morgan fingerprint density at radius 1 is 1.35 bits per heavy atom. The standard InChI is InChI=1S/C16H21FN4O2/c17-12-8-21(11-2-5-22-6-3-11)9-15(12)23-10-16-19-13-1-4-18-7-14(13)20-16/h1,4,7,11-12,15H,2-3,5-6,8-10H2,(H,19,20)/t12-,15+/m1/s1. The first-order chi connectivity index (χ1) is 11.3. The van der Waals surface area contributed by atoms with Crippen molar-refractivity contribution in [3.8, 4) is 0 Å². The molecule has 0 unspecified atom stereocenters. The van der Waals surface area contributed by atoms with Crippen LogP contribution >= 0.6 is 0 Å². The number of pyridine rings is 1. The van der Waals surface area contributed by atoms with Crippen molar-refractivity contribution in [2.75, 3.05) is 26.3 Å². The zero-order chi connectivity index (χ0) is 15.6. The van der Waals surface area contributed by atoms with Gasteiger partial charge in [-0.15, -0.1) is 0 Å². The quantitative estimate of drug-likeness (QED) is 0.928. The first-order valence-electron chi connectivity index (χ1n) is 8.15. The molecule has 2 aliphatic heterocycles. The van der Waals surface area contributed by atoms with Crippen LogP contribution in [0.3, 0.4) is 0 Å². The summed E-state index contributed by atoms with van der Waals surface area (Å²) in [5.41, 5.74) is 1.73. The van der Waals surface area contributed by atoms with Gasteiger partial charge in [-0.1, -0.05) is 0 Å². The van der Waals surface area contributed by atoms with E-state index in [1.54, 1.807) is 12.4 Å². The Balaban J connectivity index is 1.35. The van der Waals surface area contributed by atoms with Gasteiger partial charge in [0.15, 0.2) is 0 Å². The summed E-state index contributed by atoms with van der Waals surface area (Å²) in [6.45, 7) is 2.95. The van der Waals surface area contributed by atoms with Crippen LogP contribution in [0.15, 0.2) is 18.5 Å². The van der Waals surface area contributed by atoms with E-state index in [4.69, 9.17) is 9.47 Å². The summed E-state index contributed by atoms with van der Waals surface area (Å²) in [5.74, 6) is 0.713. The topological polar surface area (TPSA) is 63.3 Å². The highest BCUT2D eigenvalue weighted by atomic mass is 19.1. The lowest BCUT2D eigenvalue weighted by atomic mass is 10.1. The van der Waals surface area contributed by atoms with Crippen LogP contribution in [0.2, 0.25) is 0 Å². The predicted molar refractivity (Wildman–Crippen MR) is 82.8 cm³/mol. The molecule has 2 saturated heterocycles. The number of aromatic amines is 1. The van der Waals surface area contributed by atoms with Gasteiger partial charge < -0.3 is 14.5 Å². The van der Waals surface area contributed by atoms with E-state index in [-0.39, 0.29) is 6.10 Å². The molecule has 0 radical (unpaired) electrons. The molecule has 23 heavy (non-hydrogen) atoms. The summed E-state index contributed by atoms with van der Waals surface area (Å²) >= 11 is 0. The van der Waals surface area contributed by atoms with Gasteiger partial charge in [0, 0.05) is 38.5 Å². The number of ether oxygens (including phenoxy) is 2. The van der Waals surface area contributed by atoms with Gasteiger partial charge in [-0.25, -0.2) is 9.37 Å². The maximum atomic E-state index is 14.3. The maximum Gasteiger partial charge on any atom is 0.140 e. The molecule has 2 atom stereocenters. The van der Waals surface area contributed by atoms with E-state index in [2.05, 4.69) is 19.9 Å². The molecular formula is C16H21FN4O2. The van der Waals surface area contributed by atoms with Crippen LogP contribution in [0.1, 0.15) is 18.7 Å². The van der Waals surface area contributed by atoms with Gasteiger partial charge >= 0.3 is 0 Å². The van der Waals surface area contributed by atoms with Gasteiger partial charge in [-0.3, -0.25) is 9.88 Å². The van der Waals surface area contributed by atoms with E-state index < -0.39 is 6.17 Å². The van der Waals surface area contributed by atoms with Crippen LogP contribution in [0.4, 0.5) is 4.39 Å². The predicted octanol–water partition coefficient (Wildman–Crippen LogP) is 1.68. The molecule has 0 spiro atoms. The van der Waals surface area contributed by atoms with Gasteiger partial charge in [-0.2, -0.15) is 0 Å². The van der Waals surface area contributed by atoms with E-state index in [0.29, 0.717) is 31.6 Å². The number of likely N-dealkylation sites (tertiary alicyclic amines) is 1. The number of nitrogens with zero attached hydrogens (tertiary/aromatic N) is 3. The minimum absolute atomic E-state index is 0.293. The van der Waals surface area contributed by atoms with E-state index in [9.17, 15) is 4.39 Å². The Kier molecular flexibility index (Phi) is 4.24. The van der Waals surface area contributed by atoms with Crippen LogP contribution in [0.25, 0.3) is 11.0 Å². The summed E-state index contributed by atoms with van der Waals surface area (Å²) in [5, 5.41) is 0. The largest absolute Gasteiger partial charge is 0.381 e. The molecule has 124 valence electrons. The minimum Gasteiger partial charge on any atom is -0.381 e. The zero-order valence-corrected chi connectivity index (χ0v) is 12.9. The molecule has 0 amide bonds. The molecule has 2 aliphatic rings. The fourth-order valence-corrected chi connectivity index (χ4v) is 3.43. The van der Waals surface area contributed by atoms with Gasteiger partial charge in [0.05, 0.1) is 17.2 Å². The van der Waals surface area contributed by atoms with Crippen molar-refractivity contribution in [3.63, 3.8) is 0 Å². The van der Waals surface area contributed by atoms with Crippen LogP contribution in [0, 0.1) is 0 Å². The number of alkyl halides is 1. The smallest absolute Gasteiger partial charge is 0.140 e. The van der Waals surface area contributed by atoms with Crippen molar-refractivity contribution >= 4 is 11.0 Å². The van der Waals surface area contributed by atoms with Crippen LogP contribution in [-0.4, -0.2) is 64.5 Å². The summed E-state index contributed by atoms with van der Waals surface area (Å²) < 4.78 is 25.4. The number of aromatic nitrogens is 3. The van der Waals surface area contributed by atoms with Crippen molar-refractivity contribution in [3.05, 3.63) is 24.3 Å². The summed E-state index contributed by atoms with van der Waals surface area (Å²) in [4.78, 5) is 13.8. The molecule has 2 fully saturated rings. The highest BCUT2D eigenvalue weighted by molar-refractivity contribution is 5.73. The van der Waals surface area contributed by atoms with Crippen molar-refractivity contribution < 1.29 is 13.9 Å². The van der Waals surface area contributed by atoms with Crippen LogP contribution in [-0.2, 0) is 16.1 Å². The maximum absolute atomic E-state index is 14.3. The second kappa shape index (κ2) is 6.51. The third kappa shape index (κ3) is 3.22. The monoisotopic (exact) mass is 320 g/mol. The molecule has 0 bridgehead atoms. The fourth-order valence-electron chi connectivity index (χ4n) is 3.43. The van der Waals surface area contributed by atoms with E-state index in [0.717, 1.165) is 37.1 Å². The Morgan fingerprint density at radius 3 is 3.04 bits per heavy atom. The minimum atomic E-state index is -0.941. The molecule has 2 aromatic rings. The van der Waals surface area contributed by atoms with Crippen LogP contribution in [0.5, 0.6) is 0 Å². The molecule has 6 nitrogen and oxygen atoms in total. The normalized spacial score (nSPS) is 27.0. The Labute approximate surface area is 134 Å². The number of H-pyrrole nitrogens is 1. The van der Waals surface area contributed by atoms with Gasteiger partial charge in [0.2, 0.25) is 0 Å². The number of imidazole rings is 1. The number of nitrogens with one attached hydrogen (secondary N) is 1. The fraction of sp³-hybridized carbons (Fsp3) is 0.625. The second-order valence-corrected chi connectivity index (χ2v) is 6.24. The van der Waals surface area contributed by atoms with Crippen molar-refractivity contribution in [1.29, 1.82) is 0 Å². The van der Waals surface area contributed by atoms with Gasteiger partial charge in [0.25, 0.3) is 0 Å². The van der Waals surface area contributed by atoms with E-state index in [1.165, 1.54) is 0 Å². The van der Waals surface area contributed by atoms with E-state index >= 15 is 0 Å². The Bertz CT molecular complexity index is 625. The van der Waals surface area contributed by atoms with Gasteiger partial charge in [-0.05, 0) is 18.9 Å². The SMILES string of the molecule is F[C@@H]1CN(C2CCOCC2)C[C@@H]1OCc1nc2ccncc2[nH]1. The third-order valence-electron chi connectivity index (χ3n) is 4.70. The van der Waals surface area contributed by atoms with E-state index in [1.807, 2.05) is 6.07 Å². The zero-order valence-electron chi connectivity index (χ0n) is 12.9. The van der Waals surface area contributed by atoms with Crippen molar-refractivity contribution in [1.82, 2.24) is 19.9 Å². The molecule has 2 aromatic heterocycles. The van der Waals surface area contributed by atoms with Crippen molar-refractivity contribution in [2.24, 2.45) is 0 Å². The third-order valence-corrected chi connectivity index (χ3v) is 4.70. The lowest BCUT2D eigenvalue weighted by Gasteiger charge is -2.30. The second-order valence-electron chi connectivity index (χ2n) is 6.24. The number of fused-ring (bicyclic) bond motifs is 1. The highest BCUT2D eigenvalue weighted by Crippen LogP contribution is 2.24. The Hall–Kier alpha value is -1.57. The van der Waals surface area contributed by atoms with Crippen LogP contribution < -0.4 is 0 Å². The molecule has 0 aliphatic carbocycles. The molecule has 7 heteroatoms. The Morgan fingerprint density at radius 2 is 2.22 bits per heavy atom. The number of hydrogen-bond acceptors (Lipinski definition) is 5. The van der Waals surface area contributed by atoms with Crippen molar-refractivity contribution in [2.45, 2.75) is 37.8 Å². The number of halogens is 1. The lowest BCUT2D eigenvalue weighted by molar-refractivity contribution is 0.00313. The summed E-state index contributed by atoms with van der Waals surface area (Å²) in [7, 11) is 0. The molecule has 0 saturated carbocycles. The molecule has 4 heterocycles.